The summed E-state index contributed by atoms with van der Waals surface area (Å²) in [5.74, 6) is 0.662. The fourth-order valence-electron chi connectivity index (χ4n) is 3.19. The van der Waals surface area contributed by atoms with Crippen LogP contribution in [0.5, 0.6) is 0 Å². The number of nitrogens with zero attached hydrogens (tertiary/aromatic N) is 3. The van der Waals surface area contributed by atoms with Crippen LogP contribution >= 0.6 is 24.0 Å². The molecule has 8 heteroatoms. The average molecular weight is 501 g/mol. The van der Waals surface area contributed by atoms with Gasteiger partial charge in [-0.25, -0.2) is 4.99 Å². The molecule has 156 valence electrons. The number of benzene rings is 1. The number of aliphatic imine (C=N–C) groups is 1. The lowest BCUT2D eigenvalue weighted by atomic mass is 10.2. The second-order valence-corrected chi connectivity index (χ2v) is 6.36. The fraction of sp³-hybridized carbons (Fsp3) is 0.550. The molecule has 1 aliphatic heterocycles. The molecule has 28 heavy (non-hydrogen) atoms. The van der Waals surface area contributed by atoms with Crippen molar-refractivity contribution in [3.05, 3.63) is 29.8 Å². The fourth-order valence-corrected chi connectivity index (χ4v) is 3.19. The van der Waals surface area contributed by atoms with Gasteiger partial charge in [0.1, 0.15) is 6.54 Å². The molecule has 0 aliphatic carbocycles. The summed E-state index contributed by atoms with van der Waals surface area (Å²) in [4.78, 5) is 32.6. The van der Waals surface area contributed by atoms with Crippen molar-refractivity contribution in [2.24, 2.45) is 4.99 Å². The molecule has 7 nitrogen and oxygen atoms in total. The highest BCUT2D eigenvalue weighted by Gasteiger charge is 2.23. The molecule has 1 aromatic carbocycles. The van der Waals surface area contributed by atoms with E-state index in [0.717, 1.165) is 25.2 Å². The van der Waals surface area contributed by atoms with Gasteiger partial charge in [0.15, 0.2) is 5.96 Å². The highest BCUT2D eigenvalue weighted by atomic mass is 127. The van der Waals surface area contributed by atoms with E-state index < -0.39 is 0 Å². The molecule has 0 bridgehead atoms. The van der Waals surface area contributed by atoms with Crippen LogP contribution in [0.15, 0.2) is 29.3 Å². The summed E-state index contributed by atoms with van der Waals surface area (Å²) in [6, 6.07) is 7.99. The Morgan fingerprint density at radius 3 is 2.54 bits per heavy atom. The van der Waals surface area contributed by atoms with E-state index in [1.807, 2.05) is 39.0 Å². The van der Waals surface area contributed by atoms with Gasteiger partial charge >= 0.3 is 0 Å². The molecule has 0 radical (unpaired) electrons. The molecule has 2 rings (SSSR count). The average Bonchev–Trinajstić information content (AvgIpc) is 3.11. The molecule has 0 spiro atoms. The second kappa shape index (κ2) is 12.6. The Morgan fingerprint density at radius 2 is 1.86 bits per heavy atom. The van der Waals surface area contributed by atoms with E-state index in [-0.39, 0.29) is 42.3 Å². The Labute approximate surface area is 185 Å². The first-order valence-corrected chi connectivity index (χ1v) is 9.78. The quantitative estimate of drug-likeness (QED) is 0.325. The molecular weight excluding hydrogens is 469 g/mol. The monoisotopic (exact) mass is 501 g/mol. The zero-order valence-corrected chi connectivity index (χ0v) is 19.4. The summed E-state index contributed by atoms with van der Waals surface area (Å²) in [5, 5.41) is 6.26. The standard InChI is InChI=1S/C20H31N5O2.HI/c1-4-21-20(22-13-11-18(26)24(5-2)6-3)23-15-19(27)25-14-12-16-9-7-8-10-17(16)25;/h7-10H,4-6,11-15H2,1-3H3,(H2,21,22,23);1H. The number of guanidine groups is 1. The van der Waals surface area contributed by atoms with Crippen LogP contribution in [0.1, 0.15) is 32.8 Å². The van der Waals surface area contributed by atoms with Gasteiger partial charge in [0.2, 0.25) is 11.8 Å². The molecular formula is C20H32IN5O2. The number of carbonyl (C=O) groups is 2. The Hall–Kier alpha value is -1.84. The van der Waals surface area contributed by atoms with Gasteiger partial charge in [-0.3, -0.25) is 9.59 Å². The van der Waals surface area contributed by atoms with Crippen molar-refractivity contribution in [2.45, 2.75) is 33.6 Å². The first-order chi connectivity index (χ1) is 13.1. The summed E-state index contributed by atoms with van der Waals surface area (Å²) in [6.07, 6.45) is 1.29. The van der Waals surface area contributed by atoms with Gasteiger partial charge in [-0.2, -0.15) is 0 Å². The third kappa shape index (κ3) is 6.65. The third-order valence-electron chi connectivity index (χ3n) is 4.65. The summed E-state index contributed by atoms with van der Waals surface area (Å²) >= 11 is 0. The molecule has 0 atom stereocenters. The number of hydrogen-bond acceptors (Lipinski definition) is 3. The lowest BCUT2D eigenvalue weighted by molar-refractivity contribution is -0.130. The topological polar surface area (TPSA) is 77.0 Å². The third-order valence-corrected chi connectivity index (χ3v) is 4.65. The molecule has 1 heterocycles. The maximum atomic E-state index is 12.6. The summed E-state index contributed by atoms with van der Waals surface area (Å²) < 4.78 is 0. The van der Waals surface area contributed by atoms with Crippen molar-refractivity contribution in [3.8, 4) is 0 Å². The zero-order valence-electron chi connectivity index (χ0n) is 17.0. The van der Waals surface area contributed by atoms with Crippen molar-refractivity contribution >= 4 is 47.4 Å². The highest BCUT2D eigenvalue weighted by Crippen LogP contribution is 2.27. The lowest BCUT2D eigenvalue weighted by Crippen LogP contribution is -2.41. The molecule has 2 N–H and O–H groups in total. The summed E-state index contributed by atoms with van der Waals surface area (Å²) in [7, 11) is 0. The Balaban J connectivity index is 0.00000392. The van der Waals surface area contributed by atoms with E-state index in [4.69, 9.17) is 0 Å². The Morgan fingerprint density at radius 1 is 1.14 bits per heavy atom. The largest absolute Gasteiger partial charge is 0.357 e. The predicted octanol–water partition coefficient (Wildman–Crippen LogP) is 2.01. The number of anilines is 1. The number of fused-ring (bicyclic) bond motifs is 1. The van der Waals surface area contributed by atoms with Crippen LogP contribution in [0.25, 0.3) is 0 Å². The Bertz CT molecular complexity index is 676. The number of rotatable bonds is 8. The van der Waals surface area contributed by atoms with Gasteiger partial charge in [0.25, 0.3) is 0 Å². The van der Waals surface area contributed by atoms with E-state index in [9.17, 15) is 9.59 Å². The van der Waals surface area contributed by atoms with E-state index in [1.54, 1.807) is 9.80 Å². The SMILES string of the molecule is CCNC(=NCC(=O)N1CCc2ccccc21)NCCC(=O)N(CC)CC.I. The predicted molar refractivity (Wildman–Crippen MR) is 124 cm³/mol. The first kappa shape index (κ1) is 24.2. The van der Waals surface area contributed by atoms with Crippen LogP contribution in [-0.2, 0) is 16.0 Å². The molecule has 0 fully saturated rings. The number of para-hydroxylation sites is 1. The minimum Gasteiger partial charge on any atom is -0.357 e. The van der Waals surface area contributed by atoms with Crippen LogP contribution in [0.3, 0.4) is 0 Å². The molecule has 0 unspecified atom stereocenters. The summed E-state index contributed by atoms with van der Waals surface area (Å²) in [6.45, 7) is 9.31. The maximum absolute atomic E-state index is 12.6. The highest BCUT2D eigenvalue weighted by molar-refractivity contribution is 14.0. The number of nitrogens with one attached hydrogen (secondary N) is 2. The van der Waals surface area contributed by atoms with Crippen molar-refractivity contribution in [3.63, 3.8) is 0 Å². The normalized spacial score (nSPS) is 12.8. The number of halogens is 1. The minimum absolute atomic E-state index is 0. The molecule has 0 saturated heterocycles. The van der Waals surface area contributed by atoms with E-state index in [2.05, 4.69) is 21.7 Å². The van der Waals surface area contributed by atoms with Crippen molar-refractivity contribution in [2.75, 3.05) is 44.2 Å². The van der Waals surface area contributed by atoms with E-state index >= 15 is 0 Å². The number of amides is 2. The molecule has 2 amide bonds. The molecule has 1 aliphatic rings. The van der Waals surface area contributed by atoms with Crippen LogP contribution in [0.4, 0.5) is 5.69 Å². The summed E-state index contributed by atoms with van der Waals surface area (Å²) in [5.41, 5.74) is 2.19. The van der Waals surface area contributed by atoms with Gasteiger partial charge in [0.05, 0.1) is 0 Å². The minimum atomic E-state index is -0.0172. The van der Waals surface area contributed by atoms with Crippen molar-refractivity contribution < 1.29 is 9.59 Å². The van der Waals surface area contributed by atoms with Crippen LogP contribution in [-0.4, -0.2) is 61.9 Å². The van der Waals surface area contributed by atoms with Crippen LogP contribution < -0.4 is 15.5 Å². The molecule has 1 aromatic rings. The maximum Gasteiger partial charge on any atom is 0.248 e. The lowest BCUT2D eigenvalue weighted by Gasteiger charge is -2.19. The van der Waals surface area contributed by atoms with Gasteiger partial charge in [-0.15, -0.1) is 24.0 Å². The molecule has 0 aromatic heterocycles. The van der Waals surface area contributed by atoms with Crippen molar-refractivity contribution in [1.29, 1.82) is 0 Å². The smallest absolute Gasteiger partial charge is 0.248 e. The van der Waals surface area contributed by atoms with Gasteiger partial charge in [0, 0.05) is 44.8 Å². The van der Waals surface area contributed by atoms with Gasteiger partial charge in [-0.1, -0.05) is 18.2 Å². The number of hydrogen-bond donors (Lipinski definition) is 2. The van der Waals surface area contributed by atoms with E-state index in [0.29, 0.717) is 32.0 Å². The van der Waals surface area contributed by atoms with Gasteiger partial charge < -0.3 is 20.4 Å². The second-order valence-electron chi connectivity index (χ2n) is 6.36. The van der Waals surface area contributed by atoms with Crippen LogP contribution in [0, 0.1) is 0 Å². The zero-order chi connectivity index (χ0) is 19.6. The van der Waals surface area contributed by atoms with Gasteiger partial charge in [-0.05, 0) is 38.8 Å². The number of carbonyl (C=O) groups excluding carboxylic acids is 2. The first-order valence-electron chi connectivity index (χ1n) is 9.78. The van der Waals surface area contributed by atoms with Crippen LogP contribution in [0.2, 0.25) is 0 Å². The van der Waals surface area contributed by atoms with Crippen molar-refractivity contribution in [1.82, 2.24) is 15.5 Å². The van der Waals surface area contributed by atoms with E-state index in [1.165, 1.54) is 5.56 Å². The Kier molecular flexibility index (Phi) is 10.9. The molecule has 0 saturated carbocycles.